The van der Waals surface area contributed by atoms with E-state index < -0.39 is 0 Å². The molecule has 0 unspecified atom stereocenters. The zero-order chi connectivity index (χ0) is 22.4. The summed E-state index contributed by atoms with van der Waals surface area (Å²) in [4.78, 5) is 24.1. The van der Waals surface area contributed by atoms with E-state index in [9.17, 15) is 9.59 Å². The average molecular weight is 432 g/mol. The number of rotatable bonds is 12. The zero-order valence-corrected chi connectivity index (χ0v) is 18.2. The van der Waals surface area contributed by atoms with Crippen molar-refractivity contribution in [3.63, 3.8) is 0 Å². The summed E-state index contributed by atoms with van der Waals surface area (Å²) in [6.07, 6.45) is 2.66. The maximum Gasteiger partial charge on any atom is 0.306 e. The molecule has 5 nitrogen and oxygen atoms in total. The smallest absolute Gasteiger partial charge is 0.306 e. The van der Waals surface area contributed by atoms with E-state index in [0.717, 1.165) is 18.4 Å². The number of carbonyl (C=O) groups is 2. The Morgan fingerprint density at radius 3 is 2.12 bits per heavy atom. The van der Waals surface area contributed by atoms with Gasteiger partial charge in [-0.15, -0.1) is 0 Å². The number of esters is 1. The monoisotopic (exact) mass is 431 g/mol. The Balaban J connectivity index is 1.32. The minimum absolute atomic E-state index is 0.0519. The second-order valence-corrected chi connectivity index (χ2v) is 7.47. The highest BCUT2D eigenvalue weighted by molar-refractivity contribution is 5.92. The molecule has 0 aliphatic carbocycles. The van der Waals surface area contributed by atoms with E-state index in [1.54, 1.807) is 12.1 Å². The van der Waals surface area contributed by atoms with Gasteiger partial charge < -0.3 is 14.8 Å². The van der Waals surface area contributed by atoms with Crippen molar-refractivity contribution in [2.24, 2.45) is 0 Å². The van der Waals surface area contributed by atoms with Gasteiger partial charge in [-0.1, -0.05) is 66.7 Å². The van der Waals surface area contributed by atoms with Gasteiger partial charge in [-0.25, -0.2) is 0 Å². The zero-order valence-electron chi connectivity index (χ0n) is 18.2. The Kier molecular flexibility index (Phi) is 9.34. The van der Waals surface area contributed by atoms with Gasteiger partial charge in [-0.3, -0.25) is 9.59 Å². The van der Waals surface area contributed by atoms with E-state index in [4.69, 9.17) is 9.47 Å². The number of nitrogens with one attached hydrogen (secondary N) is 1. The number of anilines is 1. The van der Waals surface area contributed by atoms with Crippen LogP contribution in [-0.2, 0) is 27.2 Å². The molecule has 0 heterocycles. The van der Waals surface area contributed by atoms with Crippen molar-refractivity contribution in [2.45, 2.75) is 32.1 Å². The van der Waals surface area contributed by atoms with Crippen LogP contribution in [0.2, 0.25) is 0 Å². The highest BCUT2D eigenvalue weighted by atomic mass is 16.5. The normalized spacial score (nSPS) is 10.4. The first-order valence-corrected chi connectivity index (χ1v) is 11.0. The van der Waals surface area contributed by atoms with Crippen LogP contribution in [0.25, 0.3) is 0 Å². The van der Waals surface area contributed by atoms with Gasteiger partial charge in [0, 0.05) is 24.6 Å². The highest BCUT2D eigenvalue weighted by Crippen LogP contribution is 2.18. The summed E-state index contributed by atoms with van der Waals surface area (Å²) in [5.41, 5.74) is 3.05. The third kappa shape index (κ3) is 8.64. The second-order valence-electron chi connectivity index (χ2n) is 7.47. The fourth-order valence-electron chi connectivity index (χ4n) is 3.21. The molecule has 0 saturated heterocycles. The van der Waals surface area contributed by atoms with Gasteiger partial charge in [0.1, 0.15) is 5.75 Å². The fraction of sp³-hybridized carbons (Fsp3) is 0.259. The number of amides is 1. The molecule has 0 radical (unpaired) electrons. The third-order valence-electron chi connectivity index (χ3n) is 4.89. The van der Waals surface area contributed by atoms with Crippen molar-refractivity contribution in [2.75, 3.05) is 18.5 Å². The van der Waals surface area contributed by atoms with Crippen LogP contribution in [0.3, 0.4) is 0 Å². The number of carbonyl (C=O) groups excluding carboxylic acids is 2. The van der Waals surface area contributed by atoms with Crippen LogP contribution in [0.15, 0.2) is 84.9 Å². The average Bonchev–Trinajstić information content (AvgIpc) is 2.82. The minimum atomic E-state index is -0.369. The Morgan fingerprint density at radius 1 is 0.719 bits per heavy atom. The van der Waals surface area contributed by atoms with Crippen LogP contribution in [0.1, 0.15) is 30.4 Å². The highest BCUT2D eigenvalue weighted by Gasteiger charge is 2.09. The molecule has 5 heteroatoms. The first kappa shape index (κ1) is 23.1. The third-order valence-corrected chi connectivity index (χ3v) is 4.89. The molecule has 1 amide bonds. The Morgan fingerprint density at radius 2 is 1.41 bits per heavy atom. The summed E-state index contributed by atoms with van der Waals surface area (Å²) >= 11 is 0. The summed E-state index contributed by atoms with van der Waals surface area (Å²) in [5, 5.41) is 2.81. The van der Waals surface area contributed by atoms with Crippen LogP contribution in [0, 0.1) is 0 Å². The van der Waals surface area contributed by atoms with E-state index in [0.29, 0.717) is 31.1 Å². The molecular formula is C27H29NO4. The summed E-state index contributed by atoms with van der Waals surface area (Å²) < 4.78 is 11.0. The molecule has 0 saturated carbocycles. The van der Waals surface area contributed by atoms with Crippen LogP contribution < -0.4 is 10.1 Å². The Hall–Kier alpha value is -3.60. The molecule has 0 aliphatic heterocycles. The van der Waals surface area contributed by atoms with Crippen LogP contribution in [-0.4, -0.2) is 25.1 Å². The minimum Gasteiger partial charge on any atom is -0.494 e. The summed E-state index contributed by atoms with van der Waals surface area (Å²) in [6, 6.07) is 27.4. The predicted molar refractivity (Wildman–Crippen MR) is 126 cm³/mol. The lowest BCUT2D eigenvalue weighted by Gasteiger charge is -2.09. The van der Waals surface area contributed by atoms with Crippen molar-refractivity contribution in [1.29, 1.82) is 0 Å². The van der Waals surface area contributed by atoms with Gasteiger partial charge in [0.2, 0.25) is 5.91 Å². The molecule has 1 N–H and O–H groups in total. The molecular weight excluding hydrogens is 402 g/mol. The van der Waals surface area contributed by atoms with Crippen LogP contribution >= 0.6 is 0 Å². The summed E-state index contributed by atoms with van der Waals surface area (Å²) in [6.45, 7) is 0.912. The van der Waals surface area contributed by atoms with Crippen molar-refractivity contribution >= 4 is 17.6 Å². The molecule has 3 aromatic carbocycles. The van der Waals surface area contributed by atoms with Gasteiger partial charge in [0.05, 0.1) is 19.6 Å². The summed E-state index contributed by atoms with van der Waals surface area (Å²) in [5.74, 6) is 0.106. The van der Waals surface area contributed by atoms with Crippen LogP contribution in [0.5, 0.6) is 5.75 Å². The lowest BCUT2D eigenvalue weighted by molar-refractivity contribution is -0.144. The number of hydrogen-bond acceptors (Lipinski definition) is 4. The van der Waals surface area contributed by atoms with Crippen molar-refractivity contribution in [3.05, 3.63) is 96.1 Å². The molecule has 3 rings (SSSR count). The lowest BCUT2D eigenvalue weighted by Crippen LogP contribution is -2.15. The van der Waals surface area contributed by atoms with E-state index in [-0.39, 0.29) is 24.7 Å². The quantitative estimate of drug-likeness (QED) is 0.316. The van der Waals surface area contributed by atoms with Crippen LogP contribution in [0.4, 0.5) is 5.69 Å². The fourth-order valence-corrected chi connectivity index (χ4v) is 3.21. The van der Waals surface area contributed by atoms with E-state index in [1.165, 1.54) is 5.56 Å². The number of ether oxygens (including phenoxy) is 2. The van der Waals surface area contributed by atoms with E-state index in [2.05, 4.69) is 17.4 Å². The van der Waals surface area contributed by atoms with Crippen molar-refractivity contribution < 1.29 is 19.1 Å². The SMILES string of the molecule is O=C(CCC(=O)OCCc1ccccc1)Nc1cccc(OCCCc2ccccc2)c1. The molecule has 0 fully saturated rings. The first-order valence-electron chi connectivity index (χ1n) is 11.0. The molecule has 32 heavy (non-hydrogen) atoms. The maximum absolute atomic E-state index is 12.2. The van der Waals surface area contributed by atoms with Gasteiger partial charge in [-0.05, 0) is 36.1 Å². The second kappa shape index (κ2) is 13.0. The van der Waals surface area contributed by atoms with E-state index in [1.807, 2.05) is 60.7 Å². The topological polar surface area (TPSA) is 64.6 Å². The Bertz CT molecular complexity index is 973. The van der Waals surface area contributed by atoms with E-state index >= 15 is 0 Å². The molecule has 0 spiro atoms. The lowest BCUT2D eigenvalue weighted by atomic mass is 10.1. The largest absolute Gasteiger partial charge is 0.494 e. The van der Waals surface area contributed by atoms with Gasteiger partial charge in [-0.2, -0.15) is 0 Å². The molecule has 0 aliphatic rings. The molecule has 3 aromatic rings. The van der Waals surface area contributed by atoms with Gasteiger partial charge in [0.15, 0.2) is 0 Å². The summed E-state index contributed by atoms with van der Waals surface area (Å²) in [7, 11) is 0. The first-order chi connectivity index (χ1) is 15.7. The number of hydrogen-bond donors (Lipinski definition) is 1. The van der Waals surface area contributed by atoms with Gasteiger partial charge in [0.25, 0.3) is 0 Å². The number of benzene rings is 3. The molecule has 166 valence electrons. The van der Waals surface area contributed by atoms with Crippen molar-refractivity contribution in [3.8, 4) is 5.75 Å². The maximum atomic E-state index is 12.2. The molecule has 0 atom stereocenters. The van der Waals surface area contributed by atoms with Crippen molar-refractivity contribution in [1.82, 2.24) is 0 Å². The predicted octanol–water partition coefficient (Wildman–Crippen LogP) is 5.20. The molecule has 0 bridgehead atoms. The Labute approximate surface area is 189 Å². The number of aryl methyl sites for hydroxylation is 1. The standard InChI is InChI=1S/C27H29NO4/c29-26(16-17-27(30)32-20-18-23-11-5-2-6-12-23)28-24-14-7-15-25(21-24)31-19-8-13-22-9-3-1-4-10-22/h1-7,9-12,14-15,21H,8,13,16-20H2,(H,28,29). The molecule has 0 aromatic heterocycles. The van der Waals surface area contributed by atoms with Gasteiger partial charge >= 0.3 is 5.97 Å².